The molecule has 2 rings (SSSR count). The van der Waals surface area contributed by atoms with Crippen molar-refractivity contribution in [1.82, 2.24) is 0 Å². The monoisotopic (exact) mass is 342 g/mol. The summed E-state index contributed by atoms with van der Waals surface area (Å²) >= 11 is 3.59. The van der Waals surface area contributed by atoms with Gasteiger partial charge in [0.15, 0.2) is 0 Å². The van der Waals surface area contributed by atoms with E-state index in [9.17, 15) is 5.11 Å². The molecule has 0 aromatic heterocycles. The first-order chi connectivity index (χ1) is 9.38. The van der Waals surface area contributed by atoms with Crippen LogP contribution in [-0.2, 0) is 5.60 Å². The maximum atomic E-state index is 11.3. The number of rotatable bonds is 3. The van der Waals surface area contributed by atoms with Gasteiger partial charge in [-0.2, -0.15) is 0 Å². The van der Waals surface area contributed by atoms with Gasteiger partial charge in [-0.05, 0) is 32.0 Å². The first-order valence-corrected chi connectivity index (χ1v) is 8.15. The summed E-state index contributed by atoms with van der Waals surface area (Å²) in [6.07, 6.45) is 0.772. The Morgan fingerprint density at radius 3 is 2.80 bits per heavy atom. The van der Waals surface area contributed by atoms with E-state index in [1.165, 1.54) is 4.90 Å². The normalized spacial score (nSPS) is 34.0. The quantitative estimate of drug-likeness (QED) is 0.880. The molecule has 4 heteroatoms. The Balaban J connectivity index is 2.40. The lowest BCUT2D eigenvalue weighted by Gasteiger charge is -2.44. The zero-order chi connectivity index (χ0) is 14.9. The number of hydrogen-bond donors (Lipinski definition) is 2. The van der Waals surface area contributed by atoms with Crippen molar-refractivity contribution in [3.63, 3.8) is 0 Å². The highest BCUT2D eigenvalue weighted by Crippen LogP contribution is 2.40. The number of halogens is 1. The fraction of sp³-hybridized carbons (Fsp3) is 0.625. The van der Waals surface area contributed by atoms with E-state index in [2.05, 4.69) is 36.8 Å². The van der Waals surface area contributed by atoms with E-state index >= 15 is 0 Å². The molecule has 2 N–H and O–H groups in total. The van der Waals surface area contributed by atoms with Gasteiger partial charge in [-0.25, -0.2) is 0 Å². The van der Waals surface area contributed by atoms with Crippen LogP contribution in [0.3, 0.4) is 0 Å². The Hall–Kier alpha value is -0.580. The Morgan fingerprint density at radius 2 is 2.15 bits per heavy atom. The van der Waals surface area contributed by atoms with E-state index in [-0.39, 0.29) is 5.92 Å². The minimum atomic E-state index is -0.787. The summed E-state index contributed by atoms with van der Waals surface area (Å²) in [5, 5.41) is 11.3. The third kappa shape index (κ3) is 2.87. The van der Waals surface area contributed by atoms with Gasteiger partial charge in [-0.1, -0.05) is 22.9 Å². The maximum absolute atomic E-state index is 11.3. The van der Waals surface area contributed by atoms with Crippen LogP contribution in [0.15, 0.2) is 22.7 Å². The van der Waals surface area contributed by atoms with Crippen molar-refractivity contribution in [3.8, 4) is 5.75 Å². The second kappa shape index (κ2) is 6.04. The average molecular weight is 343 g/mol. The molecule has 0 radical (unpaired) electrons. The second-order valence-corrected chi connectivity index (χ2v) is 6.91. The van der Waals surface area contributed by atoms with Crippen molar-refractivity contribution in [2.24, 2.45) is 5.92 Å². The number of hydrogen-bond acceptors (Lipinski definition) is 2. The van der Waals surface area contributed by atoms with Crippen molar-refractivity contribution < 1.29 is 14.7 Å². The van der Waals surface area contributed by atoms with Crippen LogP contribution in [0.5, 0.6) is 5.75 Å². The van der Waals surface area contributed by atoms with Crippen molar-refractivity contribution in [1.29, 1.82) is 0 Å². The SMILES string of the molecule is CCOc1ccc(Br)c([C@@]2(O)C[C@@H](C)[NH+](C)C[C@@H]2C)c1. The predicted molar refractivity (Wildman–Crippen MR) is 84.2 cm³/mol. The van der Waals surface area contributed by atoms with E-state index in [0.717, 1.165) is 28.8 Å². The van der Waals surface area contributed by atoms with Gasteiger partial charge in [-0.3, -0.25) is 0 Å². The highest BCUT2D eigenvalue weighted by molar-refractivity contribution is 9.10. The van der Waals surface area contributed by atoms with E-state index < -0.39 is 5.60 Å². The molecule has 1 fully saturated rings. The third-order valence-electron chi connectivity index (χ3n) is 4.62. The first-order valence-electron chi connectivity index (χ1n) is 7.36. The Morgan fingerprint density at radius 1 is 1.45 bits per heavy atom. The molecular formula is C16H25BrNO2+. The molecule has 1 aliphatic rings. The summed E-state index contributed by atoms with van der Waals surface area (Å²) in [5.74, 6) is 1.04. The van der Waals surface area contributed by atoms with Gasteiger partial charge in [0.1, 0.15) is 11.4 Å². The molecule has 1 heterocycles. The molecule has 1 aromatic carbocycles. The average Bonchev–Trinajstić information content (AvgIpc) is 2.39. The van der Waals surface area contributed by atoms with Crippen molar-refractivity contribution in [2.75, 3.05) is 20.2 Å². The Kier molecular flexibility index (Phi) is 4.77. The molecule has 3 nitrogen and oxygen atoms in total. The van der Waals surface area contributed by atoms with Crippen LogP contribution >= 0.6 is 15.9 Å². The fourth-order valence-corrected chi connectivity index (χ4v) is 3.75. The van der Waals surface area contributed by atoms with Crippen LogP contribution in [-0.4, -0.2) is 31.3 Å². The summed E-state index contributed by atoms with van der Waals surface area (Å²) < 4.78 is 6.54. The number of nitrogens with one attached hydrogen (secondary N) is 1. The maximum Gasteiger partial charge on any atom is 0.119 e. The van der Waals surface area contributed by atoms with Crippen LogP contribution < -0.4 is 9.64 Å². The van der Waals surface area contributed by atoms with Gasteiger partial charge < -0.3 is 14.7 Å². The van der Waals surface area contributed by atoms with Gasteiger partial charge in [0.2, 0.25) is 0 Å². The first kappa shape index (κ1) is 15.8. The molecule has 0 aliphatic carbocycles. The smallest absolute Gasteiger partial charge is 0.119 e. The summed E-state index contributed by atoms with van der Waals surface area (Å²) in [4.78, 5) is 1.49. The van der Waals surface area contributed by atoms with Crippen molar-refractivity contribution in [2.45, 2.75) is 38.8 Å². The van der Waals surface area contributed by atoms with Crippen LogP contribution in [0.1, 0.15) is 32.8 Å². The van der Waals surface area contributed by atoms with Crippen LogP contribution in [0.2, 0.25) is 0 Å². The van der Waals surface area contributed by atoms with Crippen LogP contribution in [0.25, 0.3) is 0 Å². The molecule has 1 saturated heterocycles. The molecule has 0 amide bonds. The number of aliphatic hydroxyl groups is 1. The van der Waals surface area contributed by atoms with Gasteiger partial charge in [0.25, 0.3) is 0 Å². The fourth-order valence-electron chi connectivity index (χ4n) is 3.16. The lowest BCUT2D eigenvalue weighted by atomic mass is 9.74. The van der Waals surface area contributed by atoms with Crippen molar-refractivity contribution in [3.05, 3.63) is 28.2 Å². The van der Waals surface area contributed by atoms with Gasteiger partial charge >= 0.3 is 0 Å². The zero-order valence-electron chi connectivity index (χ0n) is 12.7. The van der Waals surface area contributed by atoms with Gasteiger partial charge in [-0.15, -0.1) is 0 Å². The largest absolute Gasteiger partial charge is 0.494 e. The summed E-state index contributed by atoms with van der Waals surface area (Å²) in [6.45, 7) is 7.92. The molecule has 1 aliphatic heterocycles. The standard InChI is InChI=1S/C16H24BrNO2/c1-5-20-13-6-7-15(17)14(8-13)16(19)9-12(3)18(4)10-11(16)2/h6-8,11-12,19H,5,9-10H2,1-4H3/p+1/t11-,12+,16+/m0/s1. The van der Waals surface area contributed by atoms with Gasteiger partial charge in [0, 0.05) is 22.4 Å². The van der Waals surface area contributed by atoms with E-state index in [0.29, 0.717) is 12.6 Å². The van der Waals surface area contributed by atoms with Gasteiger partial charge in [0.05, 0.1) is 26.2 Å². The highest BCUT2D eigenvalue weighted by atomic mass is 79.9. The second-order valence-electron chi connectivity index (χ2n) is 6.06. The minimum Gasteiger partial charge on any atom is -0.494 e. The van der Waals surface area contributed by atoms with E-state index in [1.54, 1.807) is 0 Å². The number of piperidine rings is 1. The molecule has 1 unspecified atom stereocenters. The number of quaternary nitrogens is 1. The topological polar surface area (TPSA) is 33.9 Å². The lowest BCUT2D eigenvalue weighted by molar-refractivity contribution is -0.916. The highest BCUT2D eigenvalue weighted by Gasteiger charge is 2.45. The molecule has 0 spiro atoms. The number of likely N-dealkylation sites (tertiary alicyclic amines) is 1. The molecule has 112 valence electrons. The zero-order valence-corrected chi connectivity index (χ0v) is 14.3. The predicted octanol–water partition coefficient (Wildman–Crippen LogP) is 1.98. The lowest BCUT2D eigenvalue weighted by Crippen LogP contribution is -3.15. The number of benzene rings is 1. The van der Waals surface area contributed by atoms with E-state index in [4.69, 9.17) is 4.74 Å². The summed E-state index contributed by atoms with van der Waals surface area (Å²) in [7, 11) is 2.20. The van der Waals surface area contributed by atoms with Crippen LogP contribution in [0, 0.1) is 5.92 Å². The summed E-state index contributed by atoms with van der Waals surface area (Å²) in [6, 6.07) is 6.34. The molecule has 1 aromatic rings. The van der Waals surface area contributed by atoms with E-state index in [1.807, 2.05) is 25.1 Å². The Bertz CT molecular complexity index is 480. The summed E-state index contributed by atoms with van der Waals surface area (Å²) in [5.41, 5.74) is 0.167. The number of ether oxygens (including phenoxy) is 1. The third-order valence-corrected chi connectivity index (χ3v) is 5.31. The van der Waals surface area contributed by atoms with Crippen LogP contribution in [0.4, 0.5) is 0 Å². The molecule has 0 saturated carbocycles. The minimum absolute atomic E-state index is 0.215. The Labute approximate surface area is 130 Å². The molecular weight excluding hydrogens is 318 g/mol. The molecule has 0 bridgehead atoms. The molecule has 20 heavy (non-hydrogen) atoms. The molecule has 4 atom stereocenters. The van der Waals surface area contributed by atoms with Crippen molar-refractivity contribution >= 4 is 15.9 Å².